The van der Waals surface area contributed by atoms with E-state index in [0.717, 1.165) is 37.4 Å². The summed E-state index contributed by atoms with van der Waals surface area (Å²) in [6.45, 7) is 1.49. The molecule has 4 bridgehead atoms. The first-order valence-corrected chi connectivity index (χ1v) is 15.2. The van der Waals surface area contributed by atoms with Crippen molar-refractivity contribution in [3.8, 4) is 0 Å². The predicted molar refractivity (Wildman–Crippen MR) is 148 cm³/mol. The number of carbonyl (C=O) groups excluding carboxylic acids is 1. The van der Waals surface area contributed by atoms with E-state index in [1.165, 1.54) is 44.1 Å². The fraction of sp³-hybridized carbons (Fsp3) is 0.481. The topological polar surface area (TPSA) is 78.8 Å². The fourth-order valence-electron chi connectivity index (χ4n) is 6.91. The zero-order valence-corrected chi connectivity index (χ0v) is 23.2. The number of hydrazone groups is 1. The lowest BCUT2D eigenvalue weighted by atomic mass is 9.48. The minimum absolute atomic E-state index is 0.252. The van der Waals surface area contributed by atoms with Crippen molar-refractivity contribution in [2.24, 2.45) is 22.9 Å². The van der Waals surface area contributed by atoms with Crippen molar-refractivity contribution in [1.82, 2.24) is 5.43 Å². The predicted octanol–water partition coefficient (Wildman–Crippen LogP) is 5.07. The van der Waals surface area contributed by atoms with Crippen LogP contribution < -0.4 is 9.73 Å². The Morgan fingerprint density at radius 1 is 1.00 bits per heavy atom. The highest BCUT2D eigenvalue weighted by molar-refractivity contribution is 14.1. The third-order valence-electron chi connectivity index (χ3n) is 8.10. The van der Waals surface area contributed by atoms with Crippen LogP contribution in [0.2, 0.25) is 0 Å². The highest BCUT2D eigenvalue weighted by atomic mass is 127. The third-order valence-corrected chi connectivity index (χ3v) is 9.96. The Morgan fingerprint density at radius 2 is 1.54 bits per heavy atom. The van der Waals surface area contributed by atoms with E-state index in [2.05, 4.69) is 45.3 Å². The van der Waals surface area contributed by atoms with Gasteiger partial charge in [-0.25, -0.2) is 13.8 Å². The molecule has 0 atom stereocenters. The highest BCUT2D eigenvalue weighted by Crippen LogP contribution is 2.60. The Morgan fingerprint density at radius 3 is 2.06 bits per heavy atom. The molecule has 35 heavy (non-hydrogen) atoms. The molecule has 0 spiro atoms. The Kier molecular flexibility index (Phi) is 6.72. The van der Waals surface area contributed by atoms with Gasteiger partial charge < -0.3 is 0 Å². The van der Waals surface area contributed by atoms with Crippen LogP contribution in [0.1, 0.15) is 56.6 Å². The fourth-order valence-corrected chi connectivity index (χ4v) is 8.13. The van der Waals surface area contributed by atoms with Gasteiger partial charge in [0.25, 0.3) is 5.91 Å². The van der Waals surface area contributed by atoms with Gasteiger partial charge in [0.2, 0.25) is 10.0 Å². The molecule has 6 rings (SSSR count). The molecule has 0 saturated heterocycles. The standard InChI is InChI=1S/C27H32IN3O3S/c1-18(22-3-7-24(28)8-4-22)29-30-26(32)17-31(35(2,33)34)25-9-5-23(6-10-25)27-14-19-11-20(15-27)13-21(12-19)16-27/h3-10,19-21H,11-17H2,1-2H3,(H,30,32)/b29-18-. The van der Waals surface area contributed by atoms with Crippen molar-refractivity contribution in [2.75, 3.05) is 17.1 Å². The molecule has 0 aromatic heterocycles. The molecule has 186 valence electrons. The molecule has 4 aliphatic carbocycles. The highest BCUT2D eigenvalue weighted by Gasteiger charge is 2.51. The van der Waals surface area contributed by atoms with Gasteiger partial charge in [-0.15, -0.1) is 0 Å². The lowest BCUT2D eigenvalue weighted by Gasteiger charge is -2.57. The minimum Gasteiger partial charge on any atom is -0.271 e. The van der Waals surface area contributed by atoms with Gasteiger partial charge in [-0.1, -0.05) is 24.3 Å². The van der Waals surface area contributed by atoms with Crippen molar-refractivity contribution in [3.05, 3.63) is 63.2 Å². The van der Waals surface area contributed by atoms with E-state index in [0.29, 0.717) is 11.4 Å². The number of hydrogen-bond donors (Lipinski definition) is 1. The maximum atomic E-state index is 12.6. The second-order valence-corrected chi connectivity index (χ2v) is 13.9. The molecule has 4 saturated carbocycles. The number of rotatable bonds is 7. The number of anilines is 1. The van der Waals surface area contributed by atoms with Gasteiger partial charge in [-0.3, -0.25) is 9.10 Å². The van der Waals surface area contributed by atoms with E-state index in [4.69, 9.17) is 0 Å². The molecule has 0 aliphatic heterocycles. The van der Waals surface area contributed by atoms with Crippen LogP contribution >= 0.6 is 22.6 Å². The van der Waals surface area contributed by atoms with Gasteiger partial charge >= 0.3 is 0 Å². The van der Waals surface area contributed by atoms with E-state index in [-0.39, 0.29) is 12.0 Å². The maximum absolute atomic E-state index is 12.6. The lowest BCUT2D eigenvalue weighted by Crippen LogP contribution is -2.48. The molecule has 1 N–H and O–H groups in total. The molecule has 2 aromatic rings. The first-order valence-electron chi connectivity index (χ1n) is 12.3. The quantitative estimate of drug-likeness (QED) is 0.272. The van der Waals surface area contributed by atoms with E-state index in [9.17, 15) is 13.2 Å². The third kappa shape index (κ3) is 5.28. The van der Waals surface area contributed by atoms with Crippen LogP contribution in [-0.2, 0) is 20.2 Å². The number of sulfonamides is 1. The van der Waals surface area contributed by atoms with Gasteiger partial charge in [-0.05, 0) is 127 Å². The molecule has 6 nitrogen and oxygen atoms in total. The van der Waals surface area contributed by atoms with Crippen molar-refractivity contribution in [1.29, 1.82) is 0 Å². The summed E-state index contributed by atoms with van der Waals surface area (Å²) in [6, 6.07) is 15.7. The summed E-state index contributed by atoms with van der Waals surface area (Å²) in [7, 11) is -3.64. The van der Waals surface area contributed by atoms with Crippen LogP contribution in [0.25, 0.3) is 0 Å². The van der Waals surface area contributed by atoms with Crippen LogP contribution in [0.4, 0.5) is 5.69 Å². The maximum Gasteiger partial charge on any atom is 0.260 e. The van der Waals surface area contributed by atoms with Gasteiger partial charge in [0.05, 0.1) is 17.7 Å². The minimum atomic E-state index is -3.64. The van der Waals surface area contributed by atoms with E-state index in [1.807, 2.05) is 36.4 Å². The molecule has 0 heterocycles. The van der Waals surface area contributed by atoms with Gasteiger partial charge in [0.15, 0.2) is 0 Å². The second-order valence-electron chi connectivity index (χ2n) is 10.8. The Labute approximate surface area is 221 Å². The molecular weight excluding hydrogens is 573 g/mol. The summed E-state index contributed by atoms with van der Waals surface area (Å²) >= 11 is 2.23. The average Bonchev–Trinajstić information content (AvgIpc) is 2.80. The summed E-state index contributed by atoms with van der Waals surface area (Å²) in [5.74, 6) is 2.06. The molecule has 0 unspecified atom stereocenters. The monoisotopic (exact) mass is 605 g/mol. The largest absolute Gasteiger partial charge is 0.271 e. The summed E-state index contributed by atoms with van der Waals surface area (Å²) in [4.78, 5) is 12.6. The Balaban J connectivity index is 1.30. The Bertz CT molecular complexity index is 1200. The zero-order chi connectivity index (χ0) is 24.8. The first-order chi connectivity index (χ1) is 16.6. The number of amides is 1. The molecule has 0 radical (unpaired) electrons. The molecule has 2 aromatic carbocycles. The second kappa shape index (κ2) is 9.50. The number of nitrogens with zero attached hydrogens (tertiary/aromatic N) is 2. The summed E-state index contributed by atoms with van der Waals surface area (Å²) < 4.78 is 27.4. The number of hydrogen-bond acceptors (Lipinski definition) is 4. The smallest absolute Gasteiger partial charge is 0.260 e. The number of carbonyl (C=O) groups is 1. The van der Waals surface area contributed by atoms with Crippen molar-refractivity contribution < 1.29 is 13.2 Å². The molecule has 4 fully saturated rings. The summed E-state index contributed by atoms with van der Waals surface area (Å²) in [6.07, 6.45) is 9.07. The van der Waals surface area contributed by atoms with Gasteiger partial charge in [0.1, 0.15) is 6.54 Å². The van der Waals surface area contributed by atoms with Gasteiger partial charge in [-0.2, -0.15) is 5.10 Å². The average molecular weight is 606 g/mol. The van der Waals surface area contributed by atoms with Crippen molar-refractivity contribution in [3.63, 3.8) is 0 Å². The van der Waals surface area contributed by atoms with E-state index in [1.54, 1.807) is 6.92 Å². The van der Waals surface area contributed by atoms with E-state index < -0.39 is 15.9 Å². The van der Waals surface area contributed by atoms with Crippen LogP contribution in [0.5, 0.6) is 0 Å². The van der Waals surface area contributed by atoms with Crippen molar-refractivity contribution >= 4 is 49.9 Å². The Hall–Kier alpha value is -1.94. The number of benzene rings is 2. The summed E-state index contributed by atoms with van der Waals surface area (Å²) in [5, 5.41) is 4.17. The van der Waals surface area contributed by atoms with Gasteiger partial charge in [0, 0.05) is 3.57 Å². The number of halogens is 1. The van der Waals surface area contributed by atoms with Crippen LogP contribution in [-0.4, -0.2) is 32.8 Å². The van der Waals surface area contributed by atoms with Crippen molar-refractivity contribution in [2.45, 2.75) is 50.9 Å². The normalized spacial score (nSPS) is 27.6. The summed E-state index contributed by atoms with van der Waals surface area (Å²) in [5.41, 5.74) is 6.15. The molecule has 4 aliphatic rings. The van der Waals surface area contributed by atoms with Crippen LogP contribution in [0.3, 0.4) is 0 Å². The lowest BCUT2D eigenvalue weighted by molar-refractivity contribution is -0.119. The zero-order valence-electron chi connectivity index (χ0n) is 20.2. The van der Waals surface area contributed by atoms with E-state index >= 15 is 0 Å². The molecular formula is C27H32IN3O3S. The number of nitrogens with one attached hydrogen (secondary N) is 1. The molecule has 1 amide bonds. The SMILES string of the molecule is C/C(=N/NC(=O)CN(c1ccc(C23CC4CC(CC(C4)C2)C3)cc1)S(C)(=O)=O)c1ccc(I)cc1. The van der Waals surface area contributed by atoms with Crippen LogP contribution in [0.15, 0.2) is 53.6 Å². The first kappa shape index (κ1) is 24.7. The molecule has 8 heteroatoms. The van der Waals surface area contributed by atoms with Crippen LogP contribution in [0, 0.1) is 21.3 Å².